The van der Waals surface area contributed by atoms with Crippen LogP contribution in [0.4, 0.5) is 0 Å². The molecule has 1 aromatic heterocycles. The normalized spacial score (nSPS) is 17.2. The highest BCUT2D eigenvalue weighted by Crippen LogP contribution is 2.41. The van der Waals surface area contributed by atoms with Crippen LogP contribution in [0.5, 0.6) is 17.2 Å². The molecule has 2 aliphatic rings. The number of H-pyrrole nitrogens is 1. The number of aromatic amines is 1. The third kappa shape index (κ3) is 4.09. The van der Waals surface area contributed by atoms with Crippen molar-refractivity contribution < 1.29 is 19.7 Å². The number of ether oxygens (including phenoxy) is 1. The largest absolute Gasteiger partial charge is 0.507 e. The van der Waals surface area contributed by atoms with Gasteiger partial charge in [0, 0.05) is 55.4 Å². The van der Waals surface area contributed by atoms with Crippen molar-refractivity contribution in [3.63, 3.8) is 0 Å². The van der Waals surface area contributed by atoms with E-state index in [0.717, 1.165) is 31.7 Å². The number of Topliss-reactive ketones (excluding diaryl/α,β-unsaturated/α-hetero) is 1. The number of hydrogen-bond donors (Lipinski definition) is 4. The first-order valence-corrected chi connectivity index (χ1v) is 9.63. The first-order chi connectivity index (χ1) is 14.1. The van der Waals surface area contributed by atoms with Gasteiger partial charge >= 0.3 is 0 Å². The van der Waals surface area contributed by atoms with E-state index in [1.807, 2.05) is 6.07 Å². The van der Waals surface area contributed by atoms with E-state index < -0.39 is 0 Å². The van der Waals surface area contributed by atoms with Crippen molar-refractivity contribution in [3.8, 4) is 17.2 Å². The summed E-state index contributed by atoms with van der Waals surface area (Å²) in [5.74, 6) is 0.628. The third-order valence-electron chi connectivity index (χ3n) is 5.51. The van der Waals surface area contributed by atoms with Gasteiger partial charge in [-0.1, -0.05) is 6.07 Å². The molecule has 5 rings (SSSR count). The van der Waals surface area contributed by atoms with Crippen LogP contribution in [-0.4, -0.2) is 52.1 Å². The summed E-state index contributed by atoms with van der Waals surface area (Å²) in [5, 5.41) is 24.6. The lowest BCUT2D eigenvalue weighted by Gasteiger charge is -2.27. The molecule has 1 fully saturated rings. The monoisotopic (exact) mass is 463 g/mol. The number of benzene rings is 2. The third-order valence-corrected chi connectivity index (χ3v) is 5.51. The van der Waals surface area contributed by atoms with E-state index >= 15 is 0 Å². The lowest BCUT2D eigenvalue weighted by molar-refractivity contribution is 0.101. The molecule has 7 nitrogen and oxygen atoms in total. The van der Waals surface area contributed by atoms with E-state index in [4.69, 9.17) is 4.74 Å². The summed E-state index contributed by atoms with van der Waals surface area (Å²) in [4.78, 5) is 18.2. The first kappa shape index (κ1) is 23.0. The van der Waals surface area contributed by atoms with Crippen LogP contribution in [0, 0.1) is 0 Å². The predicted octanol–water partition coefficient (Wildman–Crippen LogP) is 3.44. The summed E-state index contributed by atoms with van der Waals surface area (Å²) < 4.78 is 5.95. The quantitative estimate of drug-likeness (QED) is 0.444. The SMILES string of the molecule is Cl.Cl.O=C1C(=Cc2c[nH]c3cccc(O)c23)Oc2c1ccc(O)c2CN1CCNCC1. The Hall–Kier alpha value is -2.71. The van der Waals surface area contributed by atoms with Crippen LogP contribution in [0.1, 0.15) is 21.5 Å². The van der Waals surface area contributed by atoms with Crippen LogP contribution < -0.4 is 10.1 Å². The van der Waals surface area contributed by atoms with E-state index in [9.17, 15) is 15.0 Å². The van der Waals surface area contributed by atoms with E-state index in [-0.39, 0.29) is 47.9 Å². The summed E-state index contributed by atoms with van der Waals surface area (Å²) in [6.45, 7) is 4.05. The van der Waals surface area contributed by atoms with Crippen molar-refractivity contribution >= 4 is 47.6 Å². The molecule has 2 aliphatic heterocycles. The highest BCUT2D eigenvalue weighted by molar-refractivity contribution is 6.15. The Balaban J connectivity index is 0.00000136. The molecule has 0 radical (unpaired) electrons. The summed E-state index contributed by atoms with van der Waals surface area (Å²) in [7, 11) is 0. The van der Waals surface area contributed by atoms with Crippen LogP contribution >= 0.6 is 24.8 Å². The van der Waals surface area contributed by atoms with Crippen LogP contribution in [0.3, 0.4) is 0 Å². The minimum atomic E-state index is -0.230. The van der Waals surface area contributed by atoms with Gasteiger partial charge in [0.2, 0.25) is 5.78 Å². The lowest BCUT2D eigenvalue weighted by Crippen LogP contribution is -2.42. The van der Waals surface area contributed by atoms with Gasteiger partial charge in [-0.25, -0.2) is 0 Å². The van der Waals surface area contributed by atoms with Crippen LogP contribution in [0.15, 0.2) is 42.3 Å². The molecule has 3 heterocycles. The number of carbonyl (C=O) groups is 1. The molecular weight excluding hydrogens is 441 g/mol. The number of allylic oxidation sites excluding steroid dienone is 1. The number of phenols is 2. The number of hydrogen-bond acceptors (Lipinski definition) is 6. The van der Waals surface area contributed by atoms with Crippen molar-refractivity contribution in [2.45, 2.75) is 6.54 Å². The van der Waals surface area contributed by atoms with Gasteiger partial charge in [0.1, 0.15) is 17.2 Å². The van der Waals surface area contributed by atoms with Crippen molar-refractivity contribution in [1.29, 1.82) is 0 Å². The molecule has 2 aromatic carbocycles. The molecule has 0 spiro atoms. The number of piperazine rings is 1. The molecule has 9 heteroatoms. The number of aromatic nitrogens is 1. The van der Waals surface area contributed by atoms with Crippen molar-refractivity contribution in [3.05, 3.63) is 59.0 Å². The fourth-order valence-corrected chi connectivity index (χ4v) is 3.99. The maximum absolute atomic E-state index is 12.9. The Morgan fingerprint density at radius 3 is 2.61 bits per heavy atom. The van der Waals surface area contributed by atoms with Gasteiger partial charge in [0.05, 0.1) is 11.1 Å². The molecule has 0 aliphatic carbocycles. The Kier molecular flexibility index (Phi) is 6.81. The highest BCUT2D eigenvalue weighted by Gasteiger charge is 2.32. The fraction of sp³-hybridized carbons (Fsp3) is 0.227. The molecule has 164 valence electrons. The second kappa shape index (κ2) is 9.20. The van der Waals surface area contributed by atoms with Gasteiger partial charge in [-0.3, -0.25) is 9.69 Å². The molecule has 1 saturated heterocycles. The molecule has 0 saturated carbocycles. The van der Waals surface area contributed by atoms with E-state index in [0.29, 0.717) is 34.4 Å². The molecular formula is C22H23Cl2N3O4. The average Bonchev–Trinajstić information content (AvgIpc) is 3.28. The number of phenolic OH excluding ortho intramolecular Hbond substituents is 2. The lowest BCUT2D eigenvalue weighted by atomic mass is 10.0. The first-order valence-electron chi connectivity index (χ1n) is 9.63. The Labute approximate surface area is 191 Å². The van der Waals surface area contributed by atoms with Gasteiger partial charge in [-0.2, -0.15) is 0 Å². The zero-order chi connectivity index (χ0) is 20.0. The maximum atomic E-state index is 12.9. The maximum Gasteiger partial charge on any atom is 0.231 e. The topological polar surface area (TPSA) is 97.8 Å². The summed E-state index contributed by atoms with van der Waals surface area (Å²) in [6.07, 6.45) is 3.36. The predicted molar refractivity (Wildman–Crippen MR) is 124 cm³/mol. The second-order valence-corrected chi connectivity index (χ2v) is 7.35. The smallest absolute Gasteiger partial charge is 0.231 e. The number of nitrogens with one attached hydrogen (secondary N) is 2. The van der Waals surface area contributed by atoms with Crippen molar-refractivity contribution in [2.24, 2.45) is 0 Å². The second-order valence-electron chi connectivity index (χ2n) is 7.35. The molecule has 4 N–H and O–H groups in total. The molecule has 0 unspecified atom stereocenters. The zero-order valence-corrected chi connectivity index (χ0v) is 18.2. The minimum Gasteiger partial charge on any atom is -0.507 e. The molecule has 0 atom stereocenters. The number of ketones is 1. The van der Waals surface area contributed by atoms with E-state index in [1.54, 1.807) is 36.5 Å². The van der Waals surface area contributed by atoms with Crippen LogP contribution in [0.25, 0.3) is 17.0 Å². The molecule has 0 bridgehead atoms. The number of rotatable bonds is 3. The molecule has 0 amide bonds. The minimum absolute atomic E-state index is 0. The van der Waals surface area contributed by atoms with Gasteiger partial charge in [-0.15, -0.1) is 24.8 Å². The van der Waals surface area contributed by atoms with Gasteiger partial charge in [-0.05, 0) is 30.3 Å². The zero-order valence-electron chi connectivity index (χ0n) is 16.6. The number of aromatic hydroxyl groups is 2. The highest BCUT2D eigenvalue weighted by atomic mass is 35.5. The van der Waals surface area contributed by atoms with Crippen LogP contribution in [-0.2, 0) is 6.54 Å². The van der Waals surface area contributed by atoms with Gasteiger partial charge < -0.3 is 25.3 Å². The Bertz CT molecular complexity index is 1150. The van der Waals surface area contributed by atoms with Crippen molar-refractivity contribution in [2.75, 3.05) is 26.2 Å². The van der Waals surface area contributed by atoms with Crippen molar-refractivity contribution in [1.82, 2.24) is 15.2 Å². The Morgan fingerprint density at radius 2 is 1.84 bits per heavy atom. The fourth-order valence-electron chi connectivity index (χ4n) is 3.99. The number of fused-ring (bicyclic) bond motifs is 2. The van der Waals surface area contributed by atoms with Crippen LogP contribution in [0.2, 0.25) is 0 Å². The summed E-state index contributed by atoms with van der Waals surface area (Å²) in [5.41, 5.74) is 2.52. The molecule has 3 aromatic rings. The summed E-state index contributed by atoms with van der Waals surface area (Å²) in [6, 6.07) is 8.36. The number of halogens is 2. The summed E-state index contributed by atoms with van der Waals surface area (Å²) >= 11 is 0. The van der Waals surface area contributed by atoms with Gasteiger partial charge in [0.25, 0.3) is 0 Å². The average molecular weight is 464 g/mol. The standard InChI is InChI=1S/C22H21N3O4.2ClH/c26-17-5-4-14-21(28)19(10-13-11-24-16-2-1-3-18(27)20(13)16)29-22(14)15(17)12-25-8-6-23-7-9-25;;/h1-5,10-11,23-24,26-27H,6-9,12H2;2*1H. The Morgan fingerprint density at radius 1 is 1.06 bits per heavy atom. The number of nitrogens with zero attached hydrogens (tertiary/aromatic N) is 1. The molecule has 31 heavy (non-hydrogen) atoms. The number of carbonyl (C=O) groups excluding carboxylic acids is 1. The van der Waals surface area contributed by atoms with E-state index in [1.165, 1.54) is 0 Å². The van der Waals surface area contributed by atoms with Gasteiger partial charge in [0.15, 0.2) is 5.76 Å². The van der Waals surface area contributed by atoms with E-state index in [2.05, 4.69) is 15.2 Å².